The van der Waals surface area contributed by atoms with Gasteiger partial charge in [-0.2, -0.15) is 4.37 Å². The first-order valence-corrected chi connectivity index (χ1v) is 15.7. The summed E-state index contributed by atoms with van der Waals surface area (Å²) in [5, 5.41) is 0.896. The van der Waals surface area contributed by atoms with Crippen LogP contribution in [-0.4, -0.2) is 71.4 Å². The zero-order chi connectivity index (χ0) is 29.1. The Hall–Kier alpha value is -3.75. The first-order chi connectivity index (χ1) is 20.6. The summed E-state index contributed by atoms with van der Waals surface area (Å²) in [6.45, 7) is 6.91. The Morgan fingerprint density at radius 3 is 2.26 bits per heavy atom. The normalized spacial score (nSPS) is 13.8. The highest BCUT2D eigenvalue weighted by Crippen LogP contribution is 2.29. The fourth-order valence-electron chi connectivity index (χ4n) is 5.57. The predicted molar refractivity (Wildman–Crippen MR) is 170 cm³/mol. The van der Waals surface area contributed by atoms with Crippen LogP contribution in [0.5, 0.6) is 5.75 Å². The molecule has 4 aromatic rings. The number of aromatic nitrogens is 2. The Morgan fingerprint density at radius 1 is 0.929 bits per heavy atom. The van der Waals surface area contributed by atoms with Crippen LogP contribution >= 0.6 is 11.5 Å². The fourth-order valence-corrected chi connectivity index (χ4v) is 6.30. The molecule has 1 amide bonds. The van der Waals surface area contributed by atoms with Crippen LogP contribution in [0, 0.1) is 0 Å². The van der Waals surface area contributed by atoms with E-state index in [4.69, 9.17) is 9.72 Å². The summed E-state index contributed by atoms with van der Waals surface area (Å²) in [6.07, 6.45) is 3.28. The van der Waals surface area contributed by atoms with E-state index in [1.165, 1.54) is 22.7 Å². The number of nitrogens with zero attached hydrogens (tertiary/aromatic N) is 5. The Kier molecular flexibility index (Phi) is 10.6. The van der Waals surface area contributed by atoms with E-state index in [2.05, 4.69) is 87.8 Å². The van der Waals surface area contributed by atoms with E-state index < -0.39 is 0 Å². The molecule has 1 saturated heterocycles. The first kappa shape index (κ1) is 29.7. The lowest BCUT2D eigenvalue weighted by atomic mass is 9.96. The highest BCUT2D eigenvalue weighted by molar-refractivity contribution is 7.09. The van der Waals surface area contributed by atoms with E-state index in [0.29, 0.717) is 19.4 Å². The highest BCUT2D eigenvalue weighted by atomic mass is 32.1. The van der Waals surface area contributed by atoms with Gasteiger partial charge in [-0.3, -0.25) is 9.69 Å². The maximum Gasteiger partial charge on any atom is 0.224 e. The summed E-state index contributed by atoms with van der Waals surface area (Å²) in [7, 11) is 1.68. The molecule has 8 heteroatoms. The van der Waals surface area contributed by atoms with Gasteiger partial charge in [0.1, 0.15) is 11.6 Å². The SMILES string of the molecule is CCCCN(CCC(=O)N1CCN(C(c2ccccc2)c2ccccc2)CC1)c1nc(Cc2cccc(OC)c2)ns1. The minimum Gasteiger partial charge on any atom is -0.497 e. The van der Waals surface area contributed by atoms with Crippen molar-refractivity contribution >= 4 is 22.6 Å². The molecule has 1 aliphatic heterocycles. The van der Waals surface area contributed by atoms with Gasteiger partial charge in [0.05, 0.1) is 13.2 Å². The predicted octanol–water partition coefficient (Wildman–Crippen LogP) is 6.07. The van der Waals surface area contributed by atoms with E-state index in [-0.39, 0.29) is 11.9 Å². The van der Waals surface area contributed by atoms with Crippen molar-refractivity contribution in [3.05, 3.63) is 107 Å². The Bertz CT molecular complexity index is 1350. The molecule has 0 unspecified atom stereocenters. The Balaban J connectivity index is 1.18. The number of rotatable bonds is 13. The smallest absolute Gasteiger partial charge is 0.224 e. The lowest BCUT2D eigenvalue weighted by Crippen LogP contribution is -2.50. The number of carbonyl (C=O) groups is 1. The van der Waals surface area contributed by atoms with Crippen molar-refractivity contribution in [1.82, 2.24) is 19.2 Å². The minimum absolute atomic E-state index is 0.192. The summed E-state index contributed by atoms with van der Waals surface area (Å²) in [6, 6.07) is 29.6. The summed E-state index contributed by atoms with van der Waals surface area (Å²) in [4.78, 5) is 25.0. The third-order valence-electron chi connectivity index (χ3n) is 7.86. The van der Waals surface area contributed by atoms with Gasteiger partial charge in [0, 0.05) is 63.6 Å². The molecular formula is C34H41N5O2S. The third kappa shape index (κ3) is 7.75. The molecule has 0 saturated carbocycles. The first-order valence-electron chi connectivity index (χ1n) is 15.0. The number of hydrogen-bond acceptors (Lipinski definition) is 7. The zero-order valence-electron chi connectivity index (χ0n) is 24.7. The number of piperazine rings is 1. The standard InChI is InChI=1S/C34H41N5O2S/c1-3-4-19-39(34-35-31(36-42-34)26-27-12-11-17-30(25-27)41-2)20-18-32(40)37-21-23-38(24-22-37)33(28-13-7-5-8-14-28)29-15-9-6-10-16-29/h5-17,25,33H,3-4,18-24,26H2,1-2H3. The molecule has 0 bridgehead atoms. The topological polar surface area (TPSA) is 61.8 Å². The van der Waals surface area contributed by atoms with E-state index in [0.717, 1.165) is 67.8 Å². The van der Waals surface area contributed by atoms with Crippen molar-refractivity contribution in [1.29, 1.82) is 0 Å². The second-order valence-electron chi connectivity index (χ2n) is 10.8. The molecule has 2 heterocycles. The fraction of sp³-hybridized carbons (Fsp3) is 0.382. The van der Waals surface area contributed by atoms with Crippen molar-refractivity contribution in [2.75, 3.05) is 51.3 Å². The summed E-state index contributed by atoms with van der Waals surface area (Å²) >= 11 is 1.43. The minimum atomic E-state index is 0.192. The van der Waals surface area contributed by atoms with Crippen LogP contribution in [-0.2, 0) is 11.2 Å². The average molecular weight is 584 g/mol. The molecule has 0 N–H and O–H groups in total. The molecule has 3 aromatic carbocycles. The van der Waals surface area contributed by atoms with Gasteiger partial charge >= 0.3 is 0 Å². The number of amides is 1. The molecule has 0 aliphatic carbocycles. The molecule has 0 radical (unpaired) electrons. The molecule has 1 aromatic heterocycles. The van der Waals surface area contributed by atoms with Gasteiger partial charge < -0.3 is 14.5 Å². The second-order valence-corrected chi connectivity index (χ2v) is 11.5. The number of hydrogen-bond donors (Lipinski definition) is 0. The van der Waals surface area contributed by atoms with E-state index >= 15 is 0 Å². The summed E-state index contributed by atoms with van der Waals surface area (Å²) < 4.78 is 9.99. The molecule has 5 rings (SSSR count). The third-order valence-corrected chi connectivity index (χ3v) is 8.68. The molecule has 42 heavy (non-hydrogen) atoms. The van der Waals surface area contributed by atoms with Gasteiger partial charge in [-0.25, -0.2) is 4.98 Å². The maximum absolute atomic E-state index is 13.4. The van der Waals surface area contributed by atoms with E-state index in [9.17, 15) is 4.79 Å². The number of anilines is 1. The summed E-state index contributed by atoms with van der Waals surface area (Å²) in [5.41, 5.74) is 3.70. The largest absolute Gasteiger partial charge is 0.497 e. The lowest BCUT2D eigenvalue weighted by molar-refractivity contribution is -0.133. The van der Waals surface area contributed by atoms with Gasteiger partial charge in [-0.05, 0) is 35.2 Å². The number of benzene rings is 3. The summed E-state index contributed by atoms with van der Waals surface area (Å²) in [5.74, 6) is 1.86. The number of methoxy groups -OCH3 is 1. The molecular weight excluding hydrogens is 542 g/mol. The van der Waals surface area contributed by atoms with Crippen LogP contribution in [0.2, 0.25) is 0 Å². The van der Waals surface area contributed by atoms with Crippen molar-refractivity contribution in [3.63, 3.8) is 0 Å². The van der Waals surface area contributed by atoms with Crippen molar-refractivity contribution < 1.29 is 9.53 Å². The zero-order valence-corrected chi connectivity index (χ0v) is 25.5. The van der Waals surface area contributed by atoms with Crippen LogP contribution in [0.1, 0.15) is 54.7 Å². The van der Waals surface area contributed by atoms with Crippen LogP contribution in [0.25, 0.3) is 0 Å². The Morgan fingerprint density at radius 2 is 1.62 bits per heavy atom. The second kappa shape index (κ2) is 14.9. The van der Waals surface area contributed by atoms with Crippen LogP contribution < -0.4 is 9.64 Å². The van der Waals surface area contributed by atoms with Gasteiger partial charge in [0.25, 0.3) is 0 Å². The van der Waals surface area contributed by atoms with E-state index in [1.54, 1.807) is 7.11 Å². The van der Waals surface area contributed by atoms with Crippen LogP contribution in [0.3, 0.4) is 0 Å². The lowest BCUT2D eigenvalue weighted by Gasteiger charge is -2.40. The van der Waals surface area contributed by atoms with Gasteiger partial charge in [-0.1, -0.05) is 86.1 Å². The molecule has 1 aliphatic rings. The Labute approximate surface area is 253 Å². The molecule has 0 spiro atoms. The monoisotopic (exact) mass is 583 g/mol. The van der Waals surface area contributed by atoms with Crippen molar-refractivity contribution in [3.8, 4) is 5.75 Å². The molecule has 0 atom stereocenters. The number of ether oxygens (including phenoxy) is 1. The van der Waals surface area contributed by atoms with Crippen LogP contribution in [0.15, 0.2) is 84.9 Å². The average Bonchev–Trinajstić information content (AvgIpc) is 3.50. The molecule has 7 nitrogen and oxygen atoms in total. The quantitative estimate of drug-likeness (QED) is 0.191. The molecule has 220 valence electrons. The van der Waals surface area contributed by atoms with Crippen LogP contribution in [0.4, 0.5) is 5.13 Å². The van der Waals surface area contributed by atoms with Crippen molar-refractivity contribution in [2.45, 2.75) is 38.6 Å². The van der Waals surface area contributed by atoms with Gasteiger partial charge in [0.2, 0.25) is 11.0 Å². The van der Waals surface area contributed by atoms with Crippen molar-refractivity contribution in [2.24, 2.45) is 0 Å². The highest BCUT2D eigenvalue weighted by Gasteiger charge is 2.28. The maximum atomic E-state index is 13.4. The molecule has 1 fully saturated rings. The number of unbranched alkanes of at least 4 members (excludes halogenated alkanes) is 1. The van der Waals surface area contributed by atoms with Gasteiger partial charge in [-0.15, -0.1) is 0 Å². The van der Waals surface area contributed by atoms with E-state index in [1.807, 2.05) is 23.1 Å². The number of carbonyl (C=O) groups excluding carboxylic acids is 1. The van der Waals surface area contributed by atoms with Gasteiger partial charge in [0.15, 0.2) is 0 Å².